The van der Waals surface area contributed by atoms with Crippen LogP contribution in [-0.2, 0) is 0 Å². The van der Waals surface area contributed by atoms with E-state index in [0.717, 1.165) is 25.0 Å². The van der Waals surface area contributed by atoms with Gasteiger partial charge in [0.2, 0.25) is 0 Å². The predicted molar refractivity (Wildman–Crippen MR) is 43.9 cm³/mol. The normalized spacial score (nSPS) is 35.1. The average Bonchev–Trinajstić information content (AvgIpc) is 2.13. The van der Waals surface area contributed by atoms with Gasteiger partial charge in [0, 0.05) is 25.7 Å². The summed E-state index contributed by atoms with van der Waals surface area (Å²) in [7, 11) is 0. The molecule has 1 rings (SSSR count). The maximum Gasteiger partial charge on any atom is 0.0108 e. The molecule has 1 aliphatic heterocycles. The molecule has 2 heteroatoms. The quantitative estimate of drug-likeness (QED) is 0.614. The number of rotatable bonds is 2. The van der Waals surface area contributed by atoms with E-state index in [2.05, 4.69) is 18.7 Å². The van der Waals surface area contributed by atoms with Crippen LogP contribution >= 0.6 is 0 Å². The van der Waals surface area contributed by atoms with Crippen LogP contribution in [0.5, 0.6) is 0 Å². The maximum absolute atomic E-state index is 5.47. The molecule has 2 unspecified atom stereocenters. The minimum atomic E-state index is 0.763. The Labute approximate surface area is 63.4 Å². The van der Waals surface area contributed by atoms with Crippen molar-refractivity contribution in [3.8, 4) is 0 Å². The van der Waals surface area contributed by atoms with Crippen LogP contribution in [0.2, 0.25) is 0 Å². The Bertz CT molecular complexity index is 103. The zero-order chi connectivity index (χ0) is 7.56. The van der Waals surface area contributed by atoms with E-state index in [1.54, 1.807) is 0 Å². The minimum Gasteiger partial charge on any atom is -0.329 e. The summed E-state index contributed by atoms with van der Waals surface area (Å²) < 4.78 is 0. The molecule has 0 aliphatic carbocycles. The van der Waals surface area contributed by atoms with Gasteiger partial charge in [0.05, 0.1) is 0 Å². The summed E-state index contributed by atoms with van der Waals surface area (Å²) in [5.41, 5.74) is 5.47. The van der Waals surface area contributed by atoms with Crippen LogP contribution in [-0.4, -0.2) is 30.6 Å². The number of hydrogen-bond acceptors (Lipinski definition) is 2. The lowest BCUT2D eigenvalue weighted by atomic mass is 10.1. The third-order valence-electron chi connectivity index (χ3n) is 2.33. The summed E-state index contributed by atoms with van der Waals surface area (Å²) in [6.45, 7) is 7.73. The Balaban J connectivity index is 2.31. The van der Waals surface area contributed by atoms with Crippen LogP contribution in [0.4, 0.5) is 0 Å². The van der Waals surface area contributed by atoms with Gasteiger partial charge in [-0.15, -0.1) is 0 Å². The summed E-state index contributed by atoms with van der Waals surface area (Å²) in [6, 6.07) is 0.763. The number of likely N-dealkylation sites (tertiary alicyclic amines) is 1. The smallest absolute Gasteiger partial charge is 0.0108 e. The van der Waals surface area contributed by atoms with Crippen molar-refractivity contribution < 1.29 is 0 Å². The van der Waals surface area contributed by atoms with Crippen molar-refractivity contribution in [3.05, 3.63) is 0 Å². The van der Waals surface area contributed by atoms with Crippen molar-refractivity contribution in [1.29, 1.82) is 0 Å². The van der Waals surface area contributed by atoms with E-state index in [-0.39, 0.29) is 0 Å². The molecule has 10 heavy (non-hydrogen) atoms. The van der Waals surface area contributed by atoms with E-state index in [0.29, 0.717) is 0 Å². The lowest BCUT2D eigenvalue weighted by Gasteiger charge is -2.19. The molecule has 0 amide bonds. The fraction of sp³-hybridized carbons (Fsp3) is 1.00. The lowest BCUT2D eigenvalue weighted by Crippen LogP contribution is -2.32. The summed E-state index contributed by atoms with van der Waals surface area (Å²) in [6.07, 6.45) is 1.35. The summed E-state index contributed by atoms with van der Waals surface area (Å²) in [4.78, 5) is 2.48. The molecule has 1 fully saturated rings. The van der Waals surface area contributed by atoms with Gasteiger partial charge in [0.25, 0.3) is 0 Å². The van der Waals surface area contributed by atoms with Gasteiger partial charge in [0.15, 0.2) is 0 Å². The second-order valence-electron chi connectivity index (χ2n) is 3.47. The molecular formula is C8H18N2. The second-order valence-corrected chi connectivity index (χ2v) is 3.47. The van der Waals surface area contributed by atoms with Crippen LogP contribution < -0.4 is 5.73 Å². The molecule has 0 aromatic rings. The molecule has 2 nitrogen and oxygen atoms in total. The third-order valence-corrected chi connectivity index (χ3v) is 2.33. The Kier molecular flexibility index (Phi) is 2.69. The highest BCUT2D eigenvalue weighted by atomic mass is 15.2. The Hall–Kier alpha value is -0.0800. The van der Waals surface area contributed by atoms with Gasteiger partial charge in [-0.2, -0.15) is 0 Å². The van der Waals surface area contributed by atoms with Crippen LogP contribution in [0.3, 0.4) is 0 Å². The van der Waals surface area contributed by atoms with Crippen molar-refractivity contribution in [1.82, 2.24) is 4.90 Å². The van der Waals surface area contributed by atoms with Gasteiger partial charge in [-0.05, 0) is 19.3 Å². The summed E-state index contributed by atoms with van der Waals surface area (Å²) in [5.74, 6) is 0.876. The van der Waals surface area contributed by atoms with E-state index >= 15 is 0 Å². The number of nitrogens with zero attached hydrogens (tertiary/aromatic N) is 1. The average molecular weight is 142 g/mol. The molecule has 0 spiro atoms. The SMILES string of the molecule is CC1CC(C)N(CCN)C1. The number of hydrogen-bond donors (Lipinski definition) is 1. The minimum absolute atomic E-state index is 0.763. The van der Waals surface area contributed by atoms with Crippen LogP contribution in [0, 0.1) is 5.92 Å². The van der Waals surface area contributed by atoms with E-state index in [4.69, 9.17) is 5.73 Å². The molecule has 0 radical (unpaired) electrons. The van der Waals surface area contributed by atoms with E-state index in [9.17, 15) is 0 Å². The first-order valence-corrected chi connectivity index (χ1v) is 4.18. The van der Waals surface area contributed by atoms with Crippen LogP contribution in [0.25, 0.3) is 0 Å². The van der Waals surface area contributed by atoms with Gasteiger partial charge in [-0.3, -0.25) is 4.90 Å². The van der Waals surface area contributed by atoms with Crippen LogP contribution in [0.1, 0.15) is 20.3 Å². The summed E-state index contributed by atoms with van der Waals surface area (Å²) in [5, 5.41) is 0. The molecule has 0 aromatic heterocycles. The van der Waals surface area contributed by atoms with Crippen molar-refractivity contribution in [2.24, 2.45) is 11.7 Å². The molecule has 1 heterocycles. The zero-order valence-electron chi connectivity index (χ0n) is 7.01. The highest BCUT2D eigenvalue weighted by molar-refractivity contribution is 4.79. The Morgan fingerprint density at radius 1 is 1.50 bits per heavy atom. The highest BCUT2D eigenvalue weighted by Gasteiger charge is 2.24. The maximum atomic E-state index is 5.47. The van der Waals surface area contributed by atoms with Crippen molar-refractivity contribution in [2.45, 2.75) is 26.3 Å². The Morgan fingerprint density at radius 3 is 2.60 bits per heavy atom. The van der Waals surface area contributed by atoms with Gasteiger partial charge in [0.1, 0.15) is 0 Å². The zero-order valence-corrected chi connectivity index (χ0v) is 7.01. The monoisotopic (exact) mass is 142 g/mol. The molecule has 2 atom stereocenters. The van der Waals surface area contributed by atoms with Crippen LogP contribution in [0.15, 0.2) is 0 Å². The van der Waals surface area contributed by atoms with Gasteiger partial charge >= 0.3 is 0 Å². The fourth-order valence-corrected chi connectivity index (χ4v) is 1.86. The molecule has 60 valence electrons. The van der Waals surface area contributed by atoms with Crippen molar-refractivity contribution in [2.75, 3.05) is 19.6 Å². The highest BCUT2D eigenvalue weighted by Crippen LogP contribution is 2.20. The third kappa shape index (κ3) is 1.70. The van der Waals surface area contributed by atoms with E-state index < -0.39 is 0 Å². The molecule has 1 saturated heterocycles. The summed E-state index contributed by atoms with van der Waals surface area (Å²) >= 11 is 0. The molecule has 0 saturated carbocycles. The predicted octanol–water partition coefficient (Wildman–Crippen LogP) is 0.675. The lowest BCUT2D eigenvalue weighted by molar-refractivity contribution is 0.273. The first-order chi connectivity index (χ1) is 4.74. The largest absolute Gasteiger partial charge is 0.329 e. The van der Waals surface area contributed by atoms with Crippen molar-refractivity contribution >= 4 is 0 Å². The Morgan fingerprint density at radius 2 is 2.20 bits per heavy atom. The first-order valence-electron chi connectivity index (χ1n) is 4.18. The van der Waals surface area contributed by atoms with E-state index in [1.165, 1.54) is 13.0 Å². The molecule has 0 bridgehead atoms. The first kappa shape index (κ1) is 8.02. The topological polar surface area (TPSA) is 29.3 Å². The standard InChI is InChI=1S/C8H18N2/c1-7-5-8(2)10(6-7)4-3-9/h7-8H,3-6,9H2,1-2H3. The molecule has 2 N–H and O–H groups in total. The van der Waals surface area contributed by atoms with Gasteiger partial charge < -0.3 is 5.73 Å². The number of nitrogens with two attached hydrogens (primary N) is 1. The van der Waals surface area contributed by atoms with Gasteiger partial charge in [-0.1, -0.05) is 6.92 Å². The molecule has 1 aliphatic rings. The van der Waals surface area contributed by atoms with Gasteiger partial charge in [-0.25, -0.2) is 0 Å². The van der Waals surface area contributed by atoms with Crippen molar-refractivity contribution in [3.63, 3.8) is 0 Å². The molecule has 0 aromatic carbocycles. The van der Waals surface area contributed by atoms with E-state index in [1.807, 2.05) is 0 Å². The fourth-order valence-electron chi connectivity index (χ4n) is 1.86. The molecular weight excluding hydrogens is 124 g/mol. The second kappa shape index (κ2) is 3.35.